The standard InChI is InChI=1S/C15H17BrFNO2/c16-12-5-6-14(17)11(10-12)4-7-15(20)18(8-9-19)13-2-1-3-13/h4-7,10,13,19H,1-3,8-9H2/b7-4+. The first-order chi connectivity index (χ1) is 9.61. The average molecular weight is 342 g/mol. The van der Waals surface area contributed by atoms with E-state index in [-0.39, 0.29) is 24.4 Å². The molecule has 1 aromatic rings. The fourth-order valence-corrected chi connectivity index (χ4v) is 2.56. The van der Waals surface area contributed by atoms with Crippen molar-refractivity contribution in [3.05, 3.63) is 40.1 Å². The monoisotopic (exact) mass is 341 g/mol. The molecular weight excluding hydrogens is 325 g/mol. The molecule has 1 aromatic carbocycles. The second kappa shape index (κ2) is 6.99. The summed E-state index contributed by atoms with van der Waals surface area (Å²) in [5.74, 6) is -0.544. The minimum Gasteiger partial charge on any atom is -0.395 e. The van der Waals surface area contributed by atoms with Gasteiger partial charge in [0.15, 0.2) is 0 Å². The zero-order valence-electron chi connectivity index (χ0n) is 11.1. The predicted octanol–water partition coefficient (Wildman–Crippen LogP) is 2.97. The van der Waals surface area contributed by atoms with Gasteiger partial charge in [0, 0.05) is 28.7 Å². The van der Waals surface area contributed by atoms with Crippen LogP contribution in [0.2, 0.25) is 0 Å². The van der Waals surface area contributed by atoms with Gasteiger partial charge in [-0.25, -0.2) is 4.39 Å². The molecule has 0 aliphatic heterocycles. The van der Waals surface area contributed by atoms with Crippen LogP contribution in [0.25, 0.3) is 6.08 Å². The van der Waals surface area contributed by atoms with Crippen molar-refractivity contribution in [2.24, 2.45) is 0 Å². The highest BCUT2D eigenvalue weighted by molar-refractivity contribution is 9.10. The first kappa shape index (κ1) is 15.2. The number of carbonyl (C=O) groups excluding carboxylic acids is 1. The number of halogens is 2. The molecule has 0 atom stereocenters. The first-order valence-corrected chi connectivity index (χ1v) is 7.45. The van der Waals surface area contributed by atoms with Gasteiger partial charge in [-0.05, 0) is 43.5 Å². The summed E-state index contributed by atoms with van der Waals surface area (Å²) in [5.41, 5.74) is 0.366. The van der Waals surface area contributed by atoms with Gasteiger partial charge < -0.3 is 10.0 Å². The highest BCUT2D eigenvalue weighted by Gasteiger charge is 2.26. The fourth-order valence-electron chi connectivity index (χ4n) is 2.18. The number of hydrogen-bond donors (Lipinski definition) is 1. The minimum absolute atomic E-state index is 0.0542. The lowest BCUT2D eigenvalue weighted by Crippen LogP contribution is -2.44. The van der Waals surface area contributed by atoms with Crippen LogP contribution in [0.3, 0.4) is 0 Å². The van der Waals surface area contributed by atoms with Gasteiger partial charge in [0.25, 0.3) is 0 Å². The smallest absolute Gasteiger partial charge is 0.246 e. The number of rotatable bonds is 5. The summed E-state index contributed by atoms with van der Waals surface area (Å²) < 4.78 is 14.3. The van der Waals surface area contributed by atoms with Crippen molar-refractivity contribution >= 4 is 27.9 Å². The summed E-state index contributed by atoms with van der Waals surface area (Å²) in [4.78, 5) is 13.8. The zero-order valence-corrected chi connectivity index (χ0v) is 12.6. The molecule has 0 heterocycles. The fraction of sp³-hybridized carbons (Fsp3) is 0.400. The largest absolute Gasteiger partial charge is 0.395 e. The molecule has 5 heteroatoms. The Balaban J connectivity index is 2.08. The Labute approximate surface area is 126 Å². The van der Waals surface area contributed by atoms with Crippen molar-refractivity contribution in [3.8, 4) is 0 Å². The van der Waals surface area contributed by atoms with E-state index in [1.165, 1.54) is 18.2 Å². The van der Waals surface area contributed by atoms with Gasteiger partial charge in [-0.15, -0.1) is 0 Å². The maximum atomic E-state index is 13.6. The third kappa shape index (κ3) is 3.67. The Morgan fingerprint density at radius 1 is 1.50 bits per heavy atom. The average Bonchev–Trinajstić information content (AvgIpc) is 2.37. The summed E-state index contributed by atoms with van der Waals surface area (Å²) >= 11 is 3.27. The molecule has 0 radical (unpaired) electrons. The van der Waals surface area contributed by atoms with Crippen LogP contribution in [0.1, 0.15) is 24.8 Å². The van der Waals surface area contributed by atoms with Crippen molar-refractivity contribution < 1.29 is 14.3 Å². The molecule has 20 heavy (non-hydrogen) atoms. The Kier molecular flexibility index (Phi) is 5.31. The molecule has 1 aliphatic rings. The zero-order chi connectivity index (χ0) is 14.5. The van der Waals surface area contributed by atoms with Crippen molar-refractivity contribution in [3.63, 3.8) is 0 Å². The van der Waals surface area contributed by atoms with Gasteiger partial charge in [-0.3, -0.25) is 4.79 Å². The second-order valence-corrected chi connectivity index (χ2v) is 5.75. The van der Waals surface area contributed by atoms with Gasteiger partial charge >= 0.3 is 0 Å². The number of aliphatic hydroxyl groups is 1. The van der Waals surface area contributed by atoms with E-state index in [1.807, 2.05) is 0 Å². The van der Waals surface area contributed by atoms with Crippen LogP contribution in [0.4, 0.5) is 4.39 Å². The molecule has 1 saturated carbocycles. The number of hydrogen-bond acceptors (Lipinski definition) is 2. The number of benzene rings is 1. The van der Waals surface area contributed by atoms with E-state index in [4.69, 9.17) is 5.11 Å². The van der Waals surface area contributed by atoms with Crippen LogP contribution in [0.5, 0.6) is 0 Å². The van der Waals surface area contributed by atoms with Gasteiger partial charge in [0.2, 0.25) is 5.91 Å². The molecule has 0 saturated heterocycles. The molecule has 1 N–H and O–H groups in total. The second-order valence-electron chi connectivity index (χ2n) is 4.84. The summed E-state index contributed by atoms with van der Waals surface area (Å²) in [5, 5.41) is 9.04. The molecule has 0 bridgehead atoms. The van der Waals surface area contributed by atoms with Crippen molar-refractivity contribution in [1.29, 1.82) is 0 Å². The van der Waals surface area contributed by atoms with Crippen LogP contribution in [0.15, 0.2) is 28.7 Å². The van der Waals surface area contributed by atoms with Crippen LogP contribution >= 0.6 is 15.9 Å². The van der Waals surface area contributed by atoms with E-state index in [9.17, 15) is 9.18 Å². The third-order valence-electron chi connectivity index (χ3n) is 3.50. The summed E-state index contributed by atoms with van der Waals surface area (Å²) in [6.07, 6.45) is 5.92. The Bertz CT molecular complexity index is 515. The molecule has 1 aliphatic carbocycles. The van der Waals surface area contributed by atoms with Gasteiger partial charge in [-0.2, -0.15) is 0 Å². The molecule has 2 rings (SSSR count). The Hall–Kier alpha value is -1.20. The lowest BCUT2D eigenvalue weighted by atomic mass is 9.91. The van der Waals surface area contributed by atoms with Gasteiger partial charge in [0.05, 0.1) is 6.61 Å². The third-order valence-corrected chi connectivity index (χ3v) is 4.00. The predicted molar refractivity (Wildman–Crippen MR) is 79.6 cm³/mol. The Morgan fingerprint density at radius 3 is 2.85 bits per heavy atom. The number of carbonyl (C=O) groups is 1. The summed E-state index contributed by atoms with van der Waals surface area (Å²) in [6, 6.07) is 4.80. The normalized spacial score (nSPS) is 15.3. The number of amides is 1. The molecule has 0 unspecified atom stereocenters. The Morgan fingerprint density at radius 2 is 2.25 bits per heavy atom. The first-order valence-electron chi connectivity index (χ1n) is 6.66. The molecule has 0 spiro atoms. The van der Waals surface area contributed by atoms with E-state index >= 15 is 0 Å². The highest BCUT2D eigenvalue weighted by atomic mass is 79.9. The van der Waals surface area contributed by atoms with Crippen LogP contribution in [-0.4, -0.2) is 35.1 Å². The number of nitrogens with zero attached hydrogens (tertiary/aromatic N) is 1. The SMILES string of the molecule is O=C(/C=C/c1cc(Br)ccc1F)N(CCO)C1CCC1. The van der Waals surface area contributed by atoms with E-state index < -0.39 is 0 Å². The molecule has 108 valence electrons. The minimum atomic E-state index is -0.366. The van der Waals surface area contributed by atoms with E-state index in [0.717, 1.165) is 23.7 Å². The van der Waals surface area contributed by atoms with Crippen LogP contribution in [-0.2, 0) is 4.79 Å². The van der Waals surface area contributed by atoms with Crippen molar-refractivity contribution in [2.75, 3.05) is 13.2 Å². The molecule has 1 fully saturated rings. The van der Waals surface area contributed by atoms with Gasteiger partial charge in [-0.1, -0.05) is 15.9 Å². The molecular formula is C15H17BrFNO2. The molecule has 0 aromatic heterocycles. The molecule has 3 nitrogen and oxygen atoms in total. The van der Waals surface area contributed by atoms with Crippen LogP contribution in [0, 0.1) is 5.82 Å². The van der Waals surface area contributed by atoms with E-state index in [2.05, 4.69) is 15.9 Å². The maximum absolute atomic E-state index is 13.6. The van der Waals surface area contributed by atoms with Crippen LogP contribution < -0.4 is 0 Å². The van der Waals surface area contributed by atoms with Crippen molar-refractivity contribution in [2.45, 2.75) is 25.3 Å². The number of aliphatic hydroxyl groups excluding tert-OH is 1. The molecule has 1 amide bonds. The topological polar surface area (TPSA) is 40.5 Å². The van der Waals surface area contributed by atoms with E-state index in [1.54, 1.807) is 17.0 Å². The van der Waals surface area contributed by atoms with Crippen molar-refractivity contribution in [1.82, 2.24) is 4.90 Å². The summed E-state index contributed by atoms with van der Waals surface area (Å²) in [6.45, 7) is 0.274. The van der Waals surface area contributed by atoms with Gasteiger partial charge in [0.1, 0.15) is 5.82 Å². The van der Waals surface area contributed by atoms with E-state index in [0.29, 0.717) is 12.1 Å². The lowest BCUT2D eigenvalue weighted by Gasteiger charge is -2.36. The summed E-state index contributed by atoms with van der Waals surface area (Å²) in [7, 11) is 0. The maximum Gasteiger partial charge on any atom is 0.246 e. The lowest BCUT2D eigenvalue weighted by molar-refractivity contribution is -0.130. The highest BCUT2D eigenvalue weighted by Crippen LogP contribution is 2.25. The quantitative estimate of drug-likeness (QED) is 0.836.